The average molecular weight is 177 g/mol. The molecule has 6 heteroatoms. The van der Waals surface area contributed by atoms with Gasteiger partial charge in [0, 0.05) is 0 Å². The van der Waals surface area contributed by atoms with E-state index < -0.39 is 21.5 Å². The van der Waals surface area contributed by atoms with Gasteiger partial charge >= 0.3 is 5.69 Å². The summed E-state index contributed by atoms with van der Waals surface area (Å²) in [4.78, 5) is 12.6. The van der Waals surface area contributed by atoms with Crippen LogP contribution >= 0.6 is 11.6 Å². The van der Waals surface area contributed by atoms with Gasteiger partial charge in [0.25, 0.3) is 0 Å². The van der Waals surface area contributed by atoms with Gasteiger partial charge in [-0.05, 0) is 0 Å². The second-order valence-corrected chi connectivity index (χ2v) is 2.09. The molecule has 58 valence electrons. The SMILES string of the molecule is O=[N+]([O-])c1cncc(F)c1Cl. The predicted molar refractivity (Wildman–Crippen MR) is 35.9 cm³/mol. The van der Waals surface area contributed by atoms with Gasteiger partial charge < -0.3 is 0 Å². The molecule has 0 saturated carbocycles. The number of pyridine rings is 1. The molecule has 0 amide bonds. The first kappa shape index (κ1) is 7.87. The molecule has 0 saturated heterocycles. The number of aromatic nitrogens is 1. The zero-order chi connectivity index (χ0) is 8.43. The Bertz CT molecular complexity index is 305. The lowest BCUT2D eigenvalue weighted by Crippen LogP contribution is -1.92. The lowest BCUT2D eigenvalue weighted by Gasteiger charge is -1.93. The Morgan fingerprint density at radius 1 is 1.64 bits per heavy atom. The Hall–Kier alpha value is -1.23. The van der Waals surface area contributed by atoms with Crippen molar-refractivity contribution in [2.45, 2.75) is 0 Å². The summed E-state index contributed by atoms with van der Waals surface area (Å²) in [5.74, 6) is -0.888. The number of rotatable bonds is 1. The van der Waals surface area contributed by atoms with Crippen molar-refractivity contribution in [2.24, 2.45) is 0 Å². The van der Waals surface area contributed by atoms with Crippen LogP contribution in [0.2, 0.25) is 5.02 Å². The van der Waals surface area contributed by atoms with Crippen molar-refractivity contribution in [3.05, 3.63) is 33.3 Å². The number of hydrogen-bond donors (Lipinski definition) is 0. The van der Waals surface area contributed by atoms with Crippen LogP contribution in [0.15, 0.2) is 12.4 Å². The van der Waals surface area contributed by atoms with Crippen molar-refractivity contribution < 1.29 is 9.31 Å². The predicted octanol–water partition coefficient (Wildman–Crippen LogP) is 1.78. The fourth-order valence-corrected chi connectivity index (χ4v) is 0.703. The van der Waals surface area contributed by atoms with Gasteiger partial charge in [-0.25, -0.2) is 4.39 Å². The van der Waals surface area contributed by atoms with E-state index in [9.17, 15) is 14.5 Å². The van der Waals surface area contributed by atoms with Gasteiger partial charge in [-0.2, -0.15) is 0 Å². The first-order chi connectivity index (χ1) is 5.13. The number of nitrogens with zero attached hydrogens (tertiary/aromatic N) is 2. The van der Waals surface area contributed by atoms with E-state index in [1.165, 1.54) is 0 Å². The second-order valence-electron chi connectivity index (χ2n) is 1.71. The Morgan fingerprint density at radius 3 is 2.73 bits per heavy atom. The molecule has 1 rings (SSSR count). The minimum atomic E-state index is -0.888. The molecule has 1 aromatic rings. The van der Waals surface area contributed by atoms with Crippen molar-refractivity contribution in [1.82, 2.24) is 4.98 Å². The molecular formula is C5H2ClFN2O2. The molecule has 11 heavy (non-hydrogen) atoms. The molecule has 0 N–H and O–H groups in total. The number of nitro groups is 1. The third-order valence-corrected chi connectivity index (χ3v) is 1.39. The summed E-state index contributed by atoms with van der Waals surface area (Å²) in [6, 6.07) is 0. The van der Waals surface area contributed by atoms with E-state index in [0.717, 1.165) is 12.4 Å². The van der Waals surface area contributed by atoms with E-state index >= 15 is 0 Å². The molecule has 0 radical (unpaired) electrons. The molecule has 0 aliphatic heterocycles. The van der Waals surface area contributed by atoms with E-state index in [4.69, 9.17) is 11.6 Å². The largest absolute Gasteiger partial charge is 0.309 e. The smallest absolute Gasteiger partial charge is 0.258 e. The number of hydrogen-bond acceptors (Lipinski definition) is 3. The highest BCUT2D eigenvalue weighted by Gasteiger charge is 2.15. The van der Waals surface area contributed by atoms with Gasteiger partial charge in [0.1, 0.15) is 6.20 Å². The molecule has 0 aromatic carbocycles. The fraction of sp³-hybridized carbons (Fsp3) is 0. The third kappa shape index (κ3) is 1.43. The van der Waals surface area contributed by atoms with Crippen molar-refractivity contribution in [2.75, 3.05) is 0 Å². The van der Waals surface area contributed by atoms with Gasteiger partial charge in [-0.15, -0.1) is 0 Å². The Kier molecular flexibility index (Phi) is 2.00. The summed E-state index contributed by atoms with van der Waals surface area (Å²) >= 11 is 5.23. The zero-order valence-corrected chi connectivity index (χ0v) is 5.88. The molecular weight excluding hydrogens is 175 g/mol. The Morgan fingerprint density at radius 2 is 2.27 bits per heavy atom. The standard InChI is InChI=1S/C5H2ClFN2O2/c6-5-3(7)1-8-2-4(5)9(10)11/h1-2H. The minimum Gasteiger partial charge on any atom is -0.258 e. The van der Waals surface area contributed by atoms with Crippen LogP contribution in [0.1, 0.15) is 0 Å². The van der Waals surface area contributed by atoms with Crippen LogP contribution in [-0.4, -0.2) is 9.91 Å². The van der Waals surface area contributed by atoms with Crippen molar-refractivity contribution in [3.8, 4) is 0 Å². The zero-order valence-electron chi connectivity index (χ0n) is 5.12. The molecule has 4 nitrogen and oxygen atoms in total. The van der Waals surface area contributed by atoms with Crippen LogP contribution in [0.25, 0.3) is 0 Å². The van der Waals surface area contributed by atoms with E-state index in [-0.39, 0.29) is 0 Å². The van der Waals surface area contributed by atoms with Crippen molar-refractivity contribution in [1.29, 1.82) is 0 Å². The molecule has 0 bridgehead atoms. The third-order valence-electron chi connectivity index (χ3n) is 1.02. The summed E-state index contributed by atoms with van der Waals surface area (Å²) < 4.78 is 12.4. The highest BCUT2D eigenvalue weighted by Crippen LogP contribution is 2.24. The van der Waals surface area contributed by atoms with Crippen LogP contribution in [0.5, 0.6) is 0 Å². The summed E-state index contributed by atoms with van der Waals surface area (Å²) in [5.41, 5.74) is -0.522. The van der Waals surface area contributed by atoms with E-state index in [1.54, 1.807) is 0 Å². The molecule has 1 heterocycles. The second kappa shape index (κ2) is 2.79. The van der Waals surface area contributed by atoms with E-state index in [1.807, 2.05) is 0 Å². The summed E-state index contributed by atoms with van der Waals surface area (Å²) in [5, 5.41) is 9.58. The molecule has 0 spiro atoms. The minimum absolute atomic E-state index is 0.509. The molecule has 0 aliphatic carbocycles. The first-order valence-corrected chi connectivity index (χ1v) is 2.94. The Balaban J connectivity index is 3.27. The van der Waals surface area contributed by atoms with E-state index in [2.05, 4.69) is 4.98 Å². The van der Waals surface area contributed by atoms with Gasteiger partial charge in [-0.1, -0.05) is 11.6 Å². The first-order valence-electron chi connectivity index (χ1n) is 2.56. The maximum atomic E-state index is 12.4. The molecule has 1 aromatic heterocycles. The number of halogens is 2. The quantitative estimate of drug-likeness (QED) is 0.484. The maximum Gasteiger partial charge on any atom is 0.309 e. The highest BCUT2D eigenvalue weighted by molar-refractivity contribution is 6.32. The lowest BCUT2D eigenvalue weighted by atomic mass is 10.4. The van der Waals surface area contributed by atoms with Crippen LogP contribution in [-0.2, 0) is 0 Å². The maximum absolute atomic E-state index is 12.4. The van der Waals surface area contributed by atoms with Gasteiger partial charge in [0.05, 0.1) is 11.1 Å². The van der Waals surface area contributed by atoms with Crippen LogP contribution < -0.4 is 0 Å². The highest BCUT2D eigenvalue weighted by atomic mass is 35.5. The molecule has 0 unspecified atom stereocenters. The van der Waals surface area contributed by atoms with Gasteiger partial charge in [-0.3, -0.25) is 15.1 Å². The molecule has 0 fully saturated rings. The summed E-state index contributed by atoms with van der Waals surface area (Å²) in [6.45, 7) is 0. The average Bonchev–Trinajstić information content (AvgIpc) is 1.94. The Labute approximate surface area is 65.8 Å². The van der Waals surface area contributed by atoms with Crippen LogP contribution in [0, 0.1) is 15.9 Å². The van der Waals surface area contributed by atoms with E-state index in [0.29, 0.717) is 0 Å². The summed E-state index contributed by atoms with van der Waals surface area (Å²) in [7, 11) is 0. The van der Waals surface area contributed by atoms with Gasteiger partial charge in [0.2, 0.25) is 0 Å². The monoisotopic (exact) mass is 176 g/mol. The fourth-order valence-electron chi connectivity index (χ4n) is 0.536. The topological polar surface area (TPSA) is 56.0 Å². The van der Waals surface area contributed by atoms with Crippen LogP contribution in [0.3, 0.4) is 0 Å². The lowest BCUT2D eigenvalue weighted by molar-refractivity contribution is -0.385. The molecule has 0 aliphatic rings. The summed E-state index contributed by atoms with van der Waals surface area (Å²) in [6.07, 6.45) is 1.71. The molecule has 0 atom stereocenters. The normalized spacial score (nSPS) is 9.64. The van der Waals surface area contributed by atoms with Crippen LogP contribution in [0.4, 0.5) is 10.1 Å². The van der Waals surface area contributed by atoms with Gasteiger partial charge in [0.15, 0.2) is 10.8 Å². The van der Waals surface area contributed by atoms with Crippen molar-refractivity contribution >= 4 is 17.3 Å². The van der Waals surface area contributed by atoms with Crippen molar-refractivity contribution in [3.63, 3.8) is 0 Å².